The van der Waals surface area contributed by atoms with Gasteiger partial charge in [-0.15, -0.1) is 0 Å². The molecule has 4 nitrogen and oxygen atoms in total. The molecule has 65 heavy (non-hydrogen) atoms. The first-order chi connectivity index (χ1) is 32.0. The Morgan fingerprint density at radius 3 is 1.54 bits per heavy atom. The Bertz CT molecular complexity index is 4150. The van der Waals surface area contributed by atoms with Crippen molar-refractivity contribution in [2.45, 2.75) is 19.3 Å². The van der Waals surface area contributed by atoms with Crippen molar-refractivity contribution in [1.82, 2.24) is 19.1 Å². The second-order valence-electron chi connectivity index (χ2n) is 18.1. The van der Waals surface area contributed by atoms with Crippen molar-refractivity contribution in [3.05, 3.63) is 217 Å². The van der Waals surface area contributed by atoms with Crippen molar-refractivity contribution < 1.29 is 0 Å². The molecule has 0 N–H and O–H groups in total. The molecule has 1 aliphatic rings. The standard InChI is InChI=1S/C61H40N4/c1-61(2)50-30-13-10-24-42(50)45-29-17-33-53(54(45)61)65-52-32-15-12-26-44(52)49-35-34-48-43-25-11-14-31-51(43)64(59(48)60(49)65)39-21-16-20-38(36-39)56-55(37-18-4-3-5-19-37)62-57-46-27-8-6-22-40(46)41-23-7-9-28-47(41)58(57)63-56/h3-36H,1-2H3. The van der Waals surface area contributed by atoms with E-state index >= 15 is 0 Å². The zero-order valence-corrected chi connectivity index (χ0v) is 35.9. The van der Waals surface area contributed by atoms with Crippen LogP contribution in [0, 0.1) is 0 Å². The first kappa shape index (κ1) is 36.2. The van der Waals surface area contributed by atoms with Gasteiger partial charge in [0.15, 0.2) is 0 Å². The molecular formula is C61H40N4. The molecule has 10 aromatic carbocycles. The third-order valence-corrected chi connectivity index (χ3v) is 14.2. The lowest BCUT2D eigenvalue weighted by atomic mass is 9.81. The predicted molar refractivity (Wildman–Crippen MR) is 272 cm³/mol. The number of hydrogen-bond donors (Lipinski definition) is 0. The Labute approximate surface area is 375 Å². The molecule has 0 unspecified atom stereocenters. The summed E-state index contributed by atoms with van der Waals surface area (Å²) in [6.45, 7) is 4.77. The fraction of sp³-hybridized carbons (Fsp3) is 0.0492. The second kappa shape index (κ2) is 13.3. The Morgan fingerprint density at radius 2 is 0.862 bits per heavy atom. The predicted octanol–water partition coefficient (Wildman–Crippen LogP) is 15.8. The SMILES string of the molecule is CC1(C)c2ccccc2-c2cccc(-n3c4ccccc4c4ccc5c6ccccc6n(-c6cccc(-c7nc8c9ccccc9c9ccccc9c8nc7-c7ccccc7)c6)c5c43)c21. The highest BCUT2D eigenvalue weighted by Gasteiger charge is 2.38. The van der Waals surface area contributed by atoms with E-state index in [1.165, 1.54) is 76.8 Å². The zero-order valence-electron chi connectivity index (χ0n) is 35.9. The van der Waals surface area contributed by atoms with Gasteiger partial charge in [-0.2, -0.15) is 0 Å². The highest BCUT2D eigenvalue weighted by Crippen LogP contribution is 2.52. The minimum Gasteiger partial charge on any atom is -0.307 e. The largest absolute Gasteiger partial charge is 0.307 e. The van der Waals surface area contributed by atoms with Crippen LogP contribution in [0.3, 0.4) is 0 Å². The van der Waals surface area contributed by atoms with E-state index in [1.54, 1.807) is 0 Å². The molecule has 0 fully saturated rings. The van der Waals surface area contributed by atoms with Gasteiger partial charge in [-0.25, -0.2) is 9.97 Å². The normalized spacial score (nSPS) is 13.2. The Balaban J connectivity index is 1.09. The van der Waals surface area contributed by atoms with E-state index in [0.29, 0.717) is 0 Å². The Morgan fingerprint density at radius 1 is 0.369 bits per heavy atom. The van der Waals surface area contributed by atoms with Gasteiger partial charge in [0, 0.05) is 54.5 Å². The minimum absolute atomic E-state index is 0.204. The summed E-state index contributed by atoms with van der Waals surface area (Å²) in [4.78, 5) is 11.3. The van der Waals surface area contributed by atoms with Crippen molar-refractivity contribution in [3.63, 3.8) is 0 Å². The molecule has 14 rings (SSSR count). The number of hydrogen-bond acceptors (Lipinski definition) is 2. The van der Waals surface area contributed by atoms with E-state index in [4.69, 9.17) is 9.97 Å². The monoisotopic (exact) mass is 828 g/mol. The van der Waals surface area contributed by atoms with Gasteiger partial charge in [-0.05, 0) is 63.4 Å². The maximum atomic E-state index is 5.67. The molecule has 0 aliphatic heterocycles. The first-order valence-corrected chi connectivity index (χ1v) is 22.5. The van der Waals surface area contributed by atoms with Gasteiger partial charge in [-0.1, -0.05) is 190 Å². The highest BCUT2D eigenvalue weighted by molar-refractivity contribution is 6.25. The van der Waals surface area contributed by atoms with Crippen molar-refractivity contribution in [2.24, 2.45) is 0 Å². The summed E-state index contributed by atoms with van der Waals surface area (Å²) in [6.07, 6.45) is 0. The molecule has 0 radical (unpaired) electrons. The summed E-state index contributed by atoms with van der Waals surface area (Å²) >= 11 is 0. The summed E-state index contributed by atoms with van der Waals surface area (Å²) in [6, 6.07) is 75.0. The molecule has 3 heterocycles. The summed E-state index contributed by atoms with van der Waals surface area (Å²) in [5, 5.41) is 9.46. The zero-order chi connectivity index (χ0) is 43.0. The number of para-hydroxylation sites is 2. The van der Waals surface area contributed by atoms with E-state index in [-0.39, 0.29) is 5.41 Å². The van der Waals surface area contributed by atoms with Crippen LogP contribution in [0.4, 0.5) is 0 Å². The molecule has 3 aromatic heterocycles. The maximum Gasteiger partial charge on any atom is 0.0979 e. The number of benzene rings is 10. The number of nitrogens with zero attached hydrogens (tertiary/aromatic N) is 4. The molecule has 0 saturated carbocycles. The van der Waals surface area contributed by atoms with Crippen molar-refractivity contribution in [1.29, 1.82) is 0 Å². The van der Waals surface area contributed by atoms with E-state index in [2.05, 4.69) is 229 Å². The smallest absolute Gasteiger partial charge is 0.0979 e. The summed E-state index contributed by atoms with van der Waals surface area (Å²) < 4.78 is 5.06. The van der Waals surface area contributed by atoms with Crippen LogP contribution in [0.15, 0.2) is 206 Å². The van der Waals surface area contributed by atoms with Crippen LogP contribution in [-0.4, -0.2) is 19.1 Å². The van der Waals surface area contributed by atoms with Gasteiger partial charge >= 0.3 is 0 Å². The quantitative estimate of drug-likeness (QED) is 0.166. The molecule has 0 spiro atoms. The average Bonchev–Trinajstić information content (AvgIpc) is 3.97. The van der Waals surface area contributed by atoms with Gasteiger partial charge in [0.05, 0.1) is 50.2 Å². The van der Waals surface area contributed by atoms with Gasteiger partial charge in [-0.3, -0.25) is 0 Å². The van der Waals surface area contributed by atoms with Crippen LogP contribution < -0.4 is 0 Å². The average molecular weight is 829 g/mol. The van der Waals surface area contributed by atoms with Gasteiger partial charge < -0.3 is 9.13 Å². The summed E-state index contributed by atoms with van der Waals surface area (Å²) in [5.41, 5.74) is 17.7. The summed E-state index contributed by atoms with van der Waals surface area (Å²) in [5.74, 6) is 0. The third-order valence-electron chi connectivity index (χ3n) is 14.2. The number of rotatable bonds is 4. The molecule has 0 bridgehead atoms. The molecule has 304 valence electrons. The number of aromatic nitrogens is 4. The van der Waals surface area contributed by atoms with Crippen LogP contribution in [0.5, 0.6) is 0 Å². The van der Waals surface area contributed by atoms with Gasteiger partial charge in [0.1, 0.15) is 0 Å². The van der Waals surface area contributed by atoms with E-state index < -0.39 is 0 Å². The third kappa shape index (κ3) is 4.97. The maximum absolute atomic E-state index is 5.67. The topological polar surface area (TPSA) is 35.6 Å². The van der Waals surface area contributed by atoms with Crippen molar-refractivity contribution in [3.8, 4) is 45.0 Å². The van der Waals surface area contributed by atoms with E-state index in [0.717, 1.165) is 55.5 Å². The second-order valence-corrected chi connectivity index (χ2v) is 18.1. The van der Waals surface area contributed by atoms with Crippen LogP contribution in [-0.2, 0) is 5.41 Å². The molecule has 0 saturated heterocycles. The van der Waals surface area contributed by atoms with E-state index in [1.807, 2.05) is 0 Å². The summed E-state index contributed by atoms with van der Waals surface area (Å²) in [7, 11) is 0. The van der Waals surface area contributed by atoms with E-state index in [9.17, 15) is 0 Å². The van der Waals surface area contributed by atoms with Crippen LogP contribution >= 0.6 is 0 Å². The lowest BCUT2D eigenvalue weighted by molar-refractivity contribution is 0.656. The molecule has 4 heteroatoms. The number of fused-ring (bicyclic) bond motifs is 16. The molecule has 1 aliphatic carbocycles. The van der Waals surface area contributed by atoms with Crippen molar-refractivity contribution in [2.75, 3.05) is 0 Å². The fourth-order valence-electron chi connectivity index (χ4n) is 11.5. The van der Waals surface area contributed by atoms with Crippen molar-refractivity contribution >= 4 is 76.2 Å². The Kier molecular flexibility index (Phi) is 7.42. The molecule has 0 atom stereocenters. The minimum atomic E-state index is -0.204. The van der Waals surface area contributed by atoms with Gasteiger partial charge in [0.25, 0.3) is 0 Å². The lowest BCUT2D eigenvalue weighted by Crippen LogP contribution is -2.18. The first-order valence-electron chi connectivity index (χ1n) is 22.5. The highest BCUT2D eigenvalue weighted by atomic mass is 15.0. The van der Waals surface area contributed by atoms with Crippen LogP contribution in [0.2, 0.25) is 0 Å². The molecule has 0 amide bonds. The lowest BCUT2D eigenvalue weighted by Gasteiger charge is -2.25. The molecular weight excluding hydrogens is 789 g/mol. The Hall–Kier alpha value is -8.34. The van der Waals surface area contributed by atoms with Crippen LogP contribution in [0.1, 0.15) is 25.0 Å². The van der Waals surface area contributed by atoms with Crippen LogP contribution in [0.25, 0.3) is 121 Å². The molecule has 13 aromatic rings. The fourth-order valence-corrected chi connectivity index (χ4v) is 11.5. The van der Waals surface area contributed by atoms with Gasteiger partial charge in [0.2, 0.25) is 0 Å².